The van der Waals surface area contributed by atoms with E-state index in [4.69, 9.17) is 4.74 Å². The van der Waals surface area contributed by atoms with Gasteiger partial charge in [-0.05, 0) is 58.6 Å². The number of aromatic nitrogens is 2. The van der Waals surface area contributed by atoms with E-state index >= 15 is 0 Å². The lowest BCUT2D eigenvalue weighted by Crippen LogP contribution is -2.42. The Morgan fingerprint density at radius 1 is 1.13 bits per heavy atom. The predicted octanol–water partition coefficient (Wildman–Crippen LogP) is 3.56. The van der Waals surface area contributed by atoms with Crippen molar-refractivity contribution >= 4 is 12.0 Å². The highest BCUT2D eigenvalue weighted by molar-refractivity contribution is 5.95. The molecule has 0 bridgehead atoms. The molecule has 7 heteroatoms. The van der Waals surface area contributed by atoms with E-state index in [2.05, 4.69) is 10.4 Å². The van der Waals surface area contributed by atoms with E-state index < -0.39 is 5.60 Å². The number of fused-ring (bicyclic) bond motifs is 1. The van der Waals surface area contributed by atoms with Crippen LogP contribution >= 0.6 is 0 Å². The molecule has 1 aromatic carbocycles. The van der Waals surface area contributed by atoms with Crippen molar-refractivity contribution in [3.05, 3.63) is 47.8 Å². The largest absolute Gasteiger partial charge is 0.444 e. The highest BCUT2D eigenvalue weighted by Crippen LogP contribution is 2.39. The van der Waals surface area contributed by atoms with Crippen LogP contribution in [0.4, 0.5) is 4.79 Å². The molecule has 30 heavy (non-hydrogen) atoms. The maximum Gasteiger partial charge on any atom is 0.407 e. The van der Waals surface area contributed by atoms with Gasteiger partial charge in [-0.1, -0.05) is 18.2 Å². The molecule has 4 rings (SSSR count). The normalized spacial score (nSPS) is 23.3. The number of nitrogens with one attached hydrogen (secondary N) is 1. The Balaban J connectivity index is 1.43. The van der Waals surface area contributed by atoms with Gasteiger partial charge in [-0.2, -0.15) is 5.10 Å². The van der Waals surface area contributed by atoms with Crippen LogP contribution in [0.5, 0.6) is 0 Å². The molecule has 160 valence electrons. The maximum atomic E-state index is 13.2. The Kier molecular flexibility index (Phi) is 5.30. The third kappa shape index (κ3) is 4.06. The first-order chi connectivity index (χ1) is 14.2. The van der Waals surface area contributed by atoms with Gasteiger partial charge in [0.15, 0.2) is 0 Å². The molecule has 1 aromatic heterocycles. The number of likely N-dealkylation sites (tertiary alicyclic amines) is 1. The minimum atomic E-state index is -0.518. The molecule has 1 saturated carbocycles. The first-order valence-corrected chi connectivity index (χ1v) is 10.6. The molecule has 3 atom stereocenters. The summed E-state index contributed by atoms with van der Waals surface area (Å²) in [6.07, 6.45) is 3.23. The molecule has 1 N–H and O–H groups in total. The van der Waals surface area contributed by atoms with Gasteiger partial charge in [-0.15, -0.1) is 0 Å². The molecule has 2 aromatic rings. The van der Waals surface area contributed by atoms with Gasteiger partial charge in [-0.25, -0.2) is 9.48 Å². The Morgan fingerprint density at radius 3 is 2.57 bits per heavy atom. The van der Waals surface area contributed by atoms with Crippen LogP contribution in [0.2, 0.25) is 0 Å². The summed E-state index contributed by atoms with van der Waals surface area (Å²) in [5.74, 6) is 0.699. The summed E-state index contributed by atoms with van der Waals surface area (Å²) in [5, 5.41) is 7.46. The summed E-state index contributed by atoms with van der Waals surface area (Å²) in [6.45, 7) is 8.89. The van der Waals surface area contributed by atoms with Gasteiger partial charge >= 0.3 is 6.09 Å². The SMILES string of the molecule is Cc1c(C(=O)N2C[C@@H]3CC[C@@H](NC(=O)OC(C)(C)C)[C@@H]3C2)cnn1-c1ccccc1. The quantitative estimate of drug-likeness (QED) is 0.839. The van der Waals surface area contributed by atoms with Crippen LogP contribution in [0.1, 0.15) is 49.7 Å². The molecule has 1 aliphatic carbocycles. The Bertz CT molecular complexity index is 932. The second-order valence-electron chi connectivity index (χ2n) is 9.36. The van der Waals surface area contributed by atoms with Gasteiger partial charge in [0.2, 0.25) is 0 Å². The van der Waals surface area contributed by atoms with Crippen molar-refractivity contribution in [3.8, 4) is 5.69 Å². The molecule has 2 aliphatic rings. The van der Waals surface area contributed by atoms with E-state index in [9.17, 15) is 9.59 Å². The Labute approximate surface area is 177 Å². The third-order valence-corrected chi connectivity index (χ3v) is 6.09. The van der Waals surface area contributed by atoms with Crippen LogP contribution in [0.25, 0.3) is 5.69 Å². The maximum absolute atomic E-state index is 13.2. The first-order valence-electron chi connectivity index (χ1n) is 10.6. The van der Waals surface area contributed by atoms with Gasteiger partial charge in [-0.3, -0.25) is 4.79 Å². The fourth-order valence-corrected chi connectivity index (χ4v) is 4.69. The van der Waals surface area contributed by atoms with Crippen LogP contribution in [0.3, 0.4) is 0 Å². The number of nitrogens with zero attached hydrogens (tertiary/aromatic N) is 3. The summed E-state index contributed by atoms with van der Waals surface area (Å²) in [4.78, 5) is 27.3. The molecule has 2 fully saturated rings. The number of carbonyl (C=O) groups excluding carboxylic acids is 2. The molecule has 2 heterocycles. The standard InChI is InChI=1S/C23H30N4O3/c1-15-18(12-24-27(15)17-8-6-5-7-9-17)21(28)26-13-16-10-11-20(19(16)14-26)25-22(29)30-23(2,3)4/h5-9,12,16,19-20H,10-11,13-14H2,1-4H3,(H,25,29)/t16-,19+,20+/m0/s1. The lowest BCUT2D eigenvalue weighted by atomic mass is 9.98. The van der Waals surface area contributed by atoms with Gasteiger partial charge in [0, 0.05) is 25.0 Å². The van der Waals surface area contributed by atoms with E-state index in [-0.39, 0.29) is 24.0 Å². The lowest BCUT2D eigenvalue weighted by Gasteiger charge is -2.25. The summed E-state index contributed by atoms with van der Waals surface area (Å²) >= 11 is 0. The molecule has 1 aliphatic heterocycles. The van der Waals surface area contributed by atoms with E-state index in [0.717, 1.165) is 30.8 Å². The topological polar surface area (TPSA) is 76.5 Å². The Morgan fingerprint density at radius 2 is 1.87 bits per heavy atom. The number of rotatable bonds is 3. The van der Waals surface area contributed by atoms with Gasteiger partial charge in [0.25, 0.3) is 5.91 Å². The molecular weight excluding hydrogens is 380 g/mol. The second-order valence-corrected chi connectivity index (χ2v) is 9.36. The highest BCUT2D eigenvalue weighted by Gasteiger charge is 2.45. The number of ether oxygens (including phenoxy) is 1. The van der Waals surface area contributed by atoms with Crippen molar-refractivity contribution in [2.24, 2.45) is 11.8 Å². The average Bonchev–Trinajstić information content (AvgIpc) is 3.36. The van der Waals surface area contributed by atoms with Crippen LogP contribution < -0.4 is 5.32 Å². The van der Waals surface area contributed by atoms with Crippen molar-refractivity contribution in [3.63, 3.8) is 0 Å². The number of para-hydroxylation sites is 1. The summed E-state index contributed by atoms with van der Waals surface area (Å²) in [5.41, 5.74) is 1.90. The van der Waals surface area contributed by atoms with Gasteiger partial charge in [0.1, 0.15) is 5.60 Å². The minimum Gasteiger partial charge on any atom is -0.444 e. The molecule has 7 nitrogen and oxygen atoms in total. The third-order valence-electron chi connectivity index (χ3n) is 6.09. The smallest absolute Gasteiger partial charge is 0.407 e. The van der Waals surface area contributed by atoms with Crippen molar-refractivity contribution in [1.82, 2.24) is 20.0 Å². The number of hydrogen-bond donors (Lipinski definition) is 1. The summed E-state index contributed by atoms with van der Waals surface area (Å²) in [7, 11) is 0. The van der Waals surface area contributed by atoms with Crippen molar-refractivity contribution in [2.75, 3.05) is 13.1 Å². The molecule has 0 radical (unpaired) electrons. The molecule has 2 amide bonds. The highest BCUT2D eigenvalue weighted by atomic mass is 16.6. The van der Waals surface area contributed by atoms with Gasteiger partial charge < -0.3 is 15.0 Å². The number of amides is 2. The molecular formula is C23H30N4O3. The average molecular weight is 411 g/mol. The predicted molar refractivity (Wildman–Crippen MR) is 114 cm³/mol. The lowest BCUT2D eigenvalue weighted by molar-refractivity contribution is 0.0491. The zero-order chi connectivity index (χ0) is 21.5. The molecule has 0 unspecified atom stereocenters. The van der Waals surface area contributed by atoms with Crippen molar-refractivity contribution in [2.45, 2.75) is 52.2 Å². The zero-order valence-electron chi connectivity index (χ0n) is 18.1. The monoisotopic (exact) mass is 410 g/mol. The first kappa shape index (κ1) is 20.4. The number of benzene rings is 1. The Hall–Kier alpha value is -2.83. The van der Waals surface area contributed by atoms with Crippen LogP contribution in [-0.2, 0) is 4.74 Å². The second kappa shape index (κ2) is 7.78. The zero-order valence-corrected chi connectivity index (χ0v) is 18.1. The van der Waals surface area contributed by atoms with Gasteiger partial charge in [0.05, 0.1) is 23.1 Å². The van der Waals surface area contributed by atoms with Crippen molar-refractivity contribution < 1.29 is 14.3 Å². The summed E-state index contributed by atoms with van der Waals surface area (Å²) < 4.78 is 7.21. The van der Waals surface area contributed by atoms with E-state index in [1.807, 2.05) is 62.9 Å². The van der Waals surface area contributed by atoms with E-state index in [0.29, 0.717) is 18.0 Å². The van der Waals surface area contributed by atoms with Crippen LogP contribution in [0, 0.1) is 18.8 Å². The number of hydrogen-bond acceptors (Lipinski definition) is 4. The van der Waals surface area contributed by atoms with Crippen LogP contribution in [0.15, 0.2) is 36.5 Å². The fraction of sp³-hybridized carbons (Fsp3) is 0.522. The van der Waals surface area contributed by atoms with E-state index in [1.165, 1.54) is 0 Å². The number of carbonyl (C=O) groups is 2. The summed E-state index contributed by atoms with van der Waals surface area (Å²) in [6, 6.07) is 9.87. The minimum absolute atomic E-state index is 0.0140. The van der Waals surface area contributed by atoms with E-state index in [1.54, 1.807) is 10.9 Å². The fourth-order valence-electron chi connectivity index (χ4n) is 4.69. The van der Waals surface area contributed by atoms with Crippen molar-refractivity contribution in [1.29, 1.82) is 0 Å². The molecule has 1 saturated heterocycles. The number of alkyl carbamates (subject to hydrolysis) is 1. The van der Waals surface area contributed by atoms with Crippen LogP contribution in [-0.4, -0.2) is 51.4 Å². The molecule has 0 spiro atoms.